The third-order valence-electron chi connectivity index (χ3n) is 3.60. The lowest BCUT2D eigenvalue weighted by Gasteiger charge is -2.12. The van der Waals surface area contributed by atoms with Crippen molar-refractivity contribution in [3.05, 3.63) is 0 Å². The number of unbranched alkanes of at least 4 members (excludes halogenated alkanes) is 1. The van der Waals surface area contributed by atoms with Crippen molar-refractivity contribution in [3.8, 4) is 0 Å². The van der Waals surface area contributed by atoms with E-state index in [0.29, 0.717) is 0 Å². The molecular weight excluding hydrogens is 312 g/mol. The highest BCUT2D eigenvalue weighted by Crippen LogP contribution is 2.09. The second-order valence-electron chi connectivity index (χ2n) is 5.29. The summed E-state index contributed by atoms with van der Waals surface area (Å²) in [5, 5.41) is 0. The first-order valence-corrected chi connectivity index (χ1v) is 11.1. The first-order valence-electron chi connectivity index (χ1n) is 8.31. The van der Waals surface area contributed by atoms with Crippen LogP contribution < -0.4 is 0 Å². The summed E-state index contributed by atoms with van der Waals surface area (Å²) >= 11 is 0. The van der Waals surface area contributed by atoms with Gasteiger partial charge in [0.1, 0.15) is 0 Å². The highest BCUT2D eigenvalue weighted by molar-refractivity contribution is 6.36. The molecule has 0 aliphatic heterocycles. The molecular formula is C16H34O4Si2. The molecule has 0 spiro atoms. The van der Waals surface area contributed by atoms with Crippen molar-refractivity contribution >= 4 is 19.0 Å². The van der Waals surface area contributed by atoms with Crippen molar-refractivity contribution in [1.82, 2.24) is 0 Å². The van der Waals surface area contributed by atoms with E-state index in [9.17, 15) is 0 Å². The first-order chi connectivity index (χ1) is 10.8. The first kappa shape index (κ1) is 22.3. The summed E-state index contributed by atoms with van der Waals surface area (Å²) in [5.74, 6) is 0. The molecule has 0 aromatic heterocycles. The fraction of sp³-hybridized carbons (Fsp3) is 1.00. The van der Waals surface area contributed by atoms with E-state index in [0.717, 1.165) is 31.9 Å². The number of hydrogen-bond acceptors (Lipinski definition) is 4. The predicted octanol–water partition coefficient (Wildman–Crippen LogP) is 3.65. The van der Waals surface area contributed by atoms with Crippen LogP contribution in [0.1, 0.15) is 38.5 Å². The van der Waals surface area contributed by atoms with E-state index in [2.05, 4.69) is 0 Å². The van der Waals surface area contributed by atoms with Gasteiger partial charge in [-0.3, -0.25) is 0 Å². The Bertz CT molecular complexity index is 190. The Balaban J connectivity index is 3.14. The molecule has 0 aliphatic rings. The Morgan fingerprint density at radius 3 is 1.18 bits per heavy atom. The number of methoxy groups -OCH3 is 4. The molecule has 4 nitrogen and oxygen atoms in total. The van der Waals surface area contributed by atoms with Crippen LogP contribution in [0.5, 0.6) is 0 Å². The Labute approximate surface area is 142 Å². The molecule has 0 aromatic carbocycles. The van der Waals surface area contributed by atoms with Crippen molar-refractivity contribution in [2.75, 3.05) is 28.4 Å². The highest BCUT2D eigenvalue weighted by Gasteiger charge is 2.05. The average molecular weight is 347 g/mol. The van der Waals surface area contributed by atoms with Crippen LogP contribution in [0, 0.1) is 0 Å². The molecule has 0 unspecified atom stereocenters. The van der Waals surface area contributed by atoms with E-state index in [1.54, 1.807) is 28.4 Å². The van der Waals surface area contributed by atoms with Gasteiger partial charge in [-0.25, -0.2) is 0 Å². The van der Waals surface area contributed by atoms with Crippen LogP contribution in [0.15, 0.2) is 0 Å². The Morgan fingerprint density at radius 1 is 0.545 bits per heavy atom. The predicted molar refractivity (Wildman–Crippen MR) is 94.1 cm³/mol. The van der Waals surface area contributed by atoms with Gasteiger partial charge in [-0.1, -0.05) is 49.9 Å². The number of hydrogen-bond donors (Lipinski definition) is 0. The summed E-state index contributed by atoms with van der Waals surface area (Å²) in [5.41, 5.74) is 0. The van der Waals surface area contributed by atoms with Gasteiger partial charge in [0.15, 0.2) is 12.6 Å². The second kappa shape index (κ2) is 17.6. The van der Waals surface area contributed by atoms with Gasteiger partial charge >= 0.3 is 0 Å². The van der Waals surface area contributed by atoms with E-state index in [4.69, 9.17) is 18.9 Å². The molecule has 0 aromatic rings. The average Bonchev–Trinajstić information content (AvgIpc) is 2.55. The minimum atomic E-state index is -0.0122. The second-order valence-corrected chi connectivity index (χ2v) is 8.29. The van der Waals surface area contributed by atoms with Gasteiger partial charge in [0, 0.05) is 47.5 Å². The monoisotopic (exact) mass is 346 g/mol. The molecule has 0 aliphatic carbocycles. The maximum Gasteiger partial charge on any atom is 0.156 e. The van der Waals surface area contributed by atoms with Crippen molar-refractivity contribution in [2.24, 2.45) is 0 Å². The van der Waals surface area contributed by atoms with E-state index in [1.807, 2.05) is 0 Å². The fourth-order valence-electron chi connectivity index (χ4n) is 2.20. The molecule has 0 N–H and O–H groups in total. The largest absolute Gasteiger partial charge is 0.356 e. The van der Waals surface area contributed by atoms with Crippen LogP contribution in [0.25, 0.3) is 0 Å². The SMILES string of the molecule is COC(CCC[Si]CCCC[Si]CCCC(OC)OC)OC. The van der Waals surface area contributed by atoms with Gasteiger partial charge in [0.2, 0.25) is 0 Å². The molecule has 0 fully saturated rings. The molecule has 0 bridgehead atoms. The molecule has 0 saturated carbocycles. The minimum absolute atomic E-state index is 0.0122. The molecule has 0 atom stereocenters. The lowest BCUT2D eigenvalue weighted by Crippen LogP contribution is -2.12. The van der Waals surface area contributed by atoms with Crippen molar-refractivity contribution in [2.45, 2.75) is 75.3 Å². The van der Waals surface area contributed by atoms with Gasteiger partial charge in [-0.15, -0.1) is 0 Å². The Kier molecular flexibility index (Phi) is 17.8. The summed E-state index contributed by atoms with van der Waals surface area (Å²) < 4.78 is 20.7. The third kappa shape index (κ3) is 13.9. The summed E-state index contributed by atoms with van der Waals surface area (Å²) in [4.78, 5) is 0. The molecule has 6 heteroatoms. The molecule has 0 saturated heterocycles. The lowest BCUT2D eigenvalue weighted by molar-refractivity contribution is -0.106. The van der Waals surface area contributed by atoms with Crippen molar-refractivity contribution in [1.29, 1.82) is 0 Å². The van der Waals surface area contributed by atoms with Gasteiger partial charge < -0.3 is 18.9 Å². The fourth-order valence-corrected chi connectivity index (χ4v) is 4.61. The van der Waals surface area contributed by atoms with Crippen LogP contribution in [0.3, 0.4) is 0 Å². The zero-order valence-corrected chi connectivity index (χ0v) is 16.9. The highest BCUT2D eigenvalue weighted by atomic mass is 28.2. The minimum Gasteiger partial charge on any atom is -0.356 e. The smallest absolute Gasteiger partial charge is 0.156 e. The van der Waals surface area contributed by atoms with Crippen LogP contribution in [-0.2, 0) is 18.9 Å². The molecule has 0 heterocycles. The van der Waals surface area contributed by atoms with Gasteiger partial charge in [-0.05, 0) is 12.8 Å². The molecule has 130 valence electrons. The topological polar surface area (TPSA) is 36.9 Å². The number of rotatable bonds is 17. The zero-order valence-electron chi connectivity index (χ0n) is 14.9. The van der Waals surface area contributed by atoms with Crippen LogP contribution in [0.4, 0.5) is 0 Å². The van der Waals surface area contributed by atoms with Crippen molar-refractivity contribution < 1.29 is 18.9 Å². The normalized spacial score (nSPS) is 11.7. The summed E-state index contributed by atoms with van der Waals surface area (Å²) in [7, 11) is 9.05. The van der Waals surface area contributed by atoms with E-state index >= 15 is 0 Å². The van der Waals surface area contributed by atoms with Gasteiger partial charge in [0.25, 0.3) is 0 Å². The summed E-state index contributed by atoms with van der Waals surface area (Å²) in [6.07, 6.45) is 7.23. The molecule has 22 heavy (non-hydrogen) atoms. The van der Waals surface area contributed by atoms with E-state index in [-0.39, 0.29) is 12.6 Å². The van der Waals surface area contributed by atoms with Crippen LogP contribution in [-0.4, -0.2) is 60.1 Å². The third-order valence-corrected chi connectivity index (χ3v) is 6.42. The van der Waals surface area contributed by atoms with E-state index < -0.39 is 0 Å². The standard InChI is InChI=1S/C16H34O4Si2/c1-17-15(18-2)9-7-13-21-11-5-6-12-22-14-8-10-16(19-3)20-4/h15-16H,5-14H2,1-4H3. The molecule has 0 amide bonds. The Hall–Kier alpha value is 0.274. The maximum atomic E-state index is 5.19. The summed E-state index contributed by atoms with van der Waals surface area (Å²) in [6.45, 7) is 0. The number of ether oxygens (including phenoxy) is 4. The van der Waals surface area contributed by atoms with E-state index in [1.165, 1.54) is 49.9 Å². The lowest BCUT2D eigenvalue weighted by atomic mass is 10.3. The van der Waals surface area contributed by atoms with Gasteiger partial charge in [0.05, 0.1) is 0 Å². The summed E-state index contributed by atoms with van der Waals surface area (Å²) in [6, 6.07) is 5.43. The van der Waals surface area contributed by atoms with Gasteiger partial charge in [-0.2, -0.15) is 0 Å². The van der Waals surface area contributed by atoms with Crippen molar-refractivity contribution in [3.63, 3.8) is 0 Å². The van der Waals surface area contributed by atoms with Crippen LogP contribution >= 0.6 is 0 Å². The Morgan fingerprint density at radius 2 is 0.864 bits per heavy atom. The van der Waals surface area contributed by atoms with Crippen LogP contribution in [0.2, 0.25) is 24.2 Å². The quantitative estimate of drug-likeness (QED) is 0.229. The zero-order chi connectivity index (χ0) is 16.5. The maximum absolute atomic E-state index is 5.19. The molecule has 4 radical (unpaired) electrons. The molecule has 0 rings (SSSR count).